The average molecular weight is 309 g/mol. The summed E-state index contributed by atoms with van der Waals surface area (Å²) < 4.78 is 0. The minimum absolute atomic E-state index is 0.0740. The molecular weight excluding hydrogens is 284 g/mol. The van der Waals surface area contributed by atoms with Crippen LogP contribution in [0.25, 0.3) is 0 Å². The second-order valence-electron chi connectivity index (χ2n) is 6.43. The summed E-state index contributed by atoms with van der Waals surface area (Å²) in [5.74, 6) is 0. The van der Waals surface area contributed by atoms with Crippen LogP contribution in [0.3, 0.4) is 0 Å². The third-order valence-electron chi connectivity index (χ3n) is 5.16. The van der Waals surface area contributed by atoms with Crippen molar-refractivity contribution in [3.8, 4) is 0 Å². The lowest BCUT2D eigenvalue weighted by Crippen LogP contribution is -2.45. The van der Waals surface area contributed by atoms with Gasteiger partial charge in [0, 0.05) is 29.7 Å². The molecule has 0 spiro atoms. The van der Waals surface area contributed by atoms with Crippen molar-refractivity contribution in [2.75, 3.05) is 13.6 Å². The highest BCUT2D eigenvalue weighted by atomic mass is 35.5. The molecule has 3 rings (SSSR count). The average Bonchev–Trinajstić information content (AvgIpc) is 2.72. The fraction of sp³-hybridized carbons (Fsp3) is 0.647. The van der Waals surface area contributed by atoms with Gasteiger partial charge in [-0.1, -0.05) is 23.7 Å². The molecule has 0 amide bonds. The number of rotatable bonds is 5. The van der Waals surface area contributed by atoms with Gasteiger partial charge in [-0.05, 0) is 56.8 Å². The topological polar surface area (TPSA) is 35.5 Å². The van der Waals surface area contributed by atoms with Gasteiger partial charge in [-0.15, -0.1) is 0 Å². The molecule has 0 aliphatic carbocycles. The number of aliphatic hydroxyl groups is 1. The summed E-state index contributed by atoms with van der Waals surface area (Å²) in [6, 6.07) is 9.71. The first-order valence-corrected chi connectivity index (χ1v) is 8.41. The molecule has 1 aromatic rings. The van der Waals surface area contributed by atoms with E-state index in [0.717, 1.165) is 30.8 Å². The predicted molar refractivity (Wildman–Crippen MR) is 86.6 cm³/mol. The number of halogens is 1. The lowest BCUT2D eigenvalue weighted by atomic mass is 9.98. The molecule has 2 fully saturated rings. The predicted octanol–water partition coefficient (Wildman–Crippen LogP) is 2.98. The van der Waals surface area contributed by atoms with Gasteiger partial charge in [0.2, 0.25) is 0 Å². The lowest BCUT2D eigenvalue weighted by molar-refractivity contribution is 0.0336. The Kier molecular flexibility index (Phi) is 4.85. The highest BCUT2D eigenvalue weighted by Gasteiger charge is 2.39. The highest BCUT2D eigenvalue weighted by Crippen LogP contribution is 2.36. The van der Waals surface area contributed by atoms with Crippen LogP contribution in [-0.2, 0) is 0 Å². The van der Waals surface area contributed by atoms with Crippen molar-refractivity contribution in [2.24, 2.45) is 0 Å². The Bertz CT molecular complexity index is 450. The molecule has 3 atom stereocenters. The van der Waals surface area contributed by atoms with Crippen LogP contribution in [0.2, 0.25) is 5.02 Å². The van der Waals surface area contributed by atoms with Crippen LogP contribution in [0.5, 0.6) is 0 Å². The smallest absolute Gasteiger partial charge is 0.0570 e. The van der Waals surface area contributed by atoms with Gasteiger partial charge in [0.15, 0.2) is 0 Å². The quantitative estimate of drug-likeness (QED) is 0.878. The van der Waals surface area contributed by atoms with Crippen LogP contribution in [0, 0.1) is 0 Å². The summed E-state index contributed by atoms with van der Waals surface area (Å²) in [5, 5.41) is 14.1. The van der Waals surface area contributed by atoms with E-state index in [9.17, 15) is 5.11 Å². The van der Waals surface area contributed by atoms with Gasteiger partial charge >= 0.3 is 0 Å². The first-order chi connectivity index (χ1) is 10.2. The summed E-state index contributed by atoms with van der Waals surface area (Å²) in [7, 11) is 2.02. The molecule has 116 valence electrons. The third kappa shape index (κ3) is 3.42. The lowest BCUT2D eigenvalue weighted by Gasteiger charge is -2.37. The SMILES string of the molecule is CNC(CCN1C2CCC1CC(O)C2)c1ccc(Cl)cc1. The molecule has 21 heavy (non-hydrogen) atoms. The number of fused-ring (bicyclic) bond motifs is 2. The van der Waals surface area contributed by atoms with Crippen molar-refractivity contribution in [3.63, 3.8) is 0 Å². The summed E-state index contributed by atoms with van der Waals surface area (Å²) in [5.41, 5.74) is 1.30. The Morgan fingerprint density at radius 3 is 2.43 bits per heavy atom. The van der Waals surface area contributed by atoms with E-state index in [2.05, 4.69) is 22.3 Å². The first-order valence-electron chi connectivity index (χ1n) is 8.04. The Hall–Kier alpha value is -0.610. The largest absolute Gasteiger partial charge is 0.393 e. The van der Waals surface area contributed by atoms with Gasteiger partial charge < -0.3 is 10.4 Å². The van der Waals surface area contributed by atoms with Crippen molar-refractivity contribution in [1.82, 2.24) is 10.2 Å². The zero-order valence-electron chi connectivity index (χ0n) is 12.6. The van der Waals surface area contributed by atoms with Gasteiger partial charge in [0.1, 0.15) is 0 Å². The van der Waals surface area contributed by atoms with Gasteiger partial charge in [-0.2, -0.15) is 0 Å². The molecule has 2 heterocycles. The number of benzene rings is 1. The second kappa shape index (κ2) is 6.66. The molecule has 1 aromatic carbocycles. The van der Waals surface area contributed by atoms with Crippen molar-refractivity contribution in [3.05, 3.63) is 34.9 Å². The molecule has 2 saturated heterocycles. The minimum Gasteiger partial charge on any atom is -0.393 e. The van der Waals surface area contributed by atoms with E-state index in [1.54, 1.807) is 0 Å². The molecular formula is C17H25ClN2O. The van der Waals surface area contributed by atoms with Crippen LogP contribution < -0.4 is 5.32 Å². The number of hydrogen-bond acceptors (Lipinski definition) is 3. The monoisotopic (exact) mass is 308 g/mol. The van der Waals surface area contributed by atoms with Crippen molar-refractivity contribution >= 4 is 11.6 Å². The Labute approximate surface area is 132 Å². The van der Waals surface area contributed by atoms with Gasteiger partial charge in [-0.3, -0.25) is 4.90 Å². The minimum atomic E-state index is -0.0740. The molecule has 0 aromatic heterocycles. The van der Waals surface area contributed by atoms with E-state index >= 15 is 0 Å². The number of aliphatic hydroxyl groups excluding tert-OH is 1. The molecule has 2 aliphatic heterocycles. The zero-order valence-corrected chi connectivity index (χ0v) is 13.4. The Morgan fingerprint density at radius 1 is 1.24 bits per heavy atom. The molecule has 3 nitrogen and oxygen atoms in total. The van der Waals surface area contributed by atoms with Gasteiger partial charge in [0.05, 0.1) is 6.10 Å². The van der Waals surface area contributed by atoms with Crippen LogP contribution in [0.4, 0.5) is 0 Å². The van der Waals surface area contributed by atoms with Crippen molar-refractivity contribution in [2.45, 2.75) is 56.3 Å². The highest BCUT2D eigenvalue weighted by molar-refractivity contribution is 6.30. The number of piperidine rings is 1. The normalized spacial score (nSPS) is 30.5. The summed E-state index contributed by atoms with van der Waals surface area (Å²) >= 11 is 5.97. The van der Waals surface area contributed by atoms with Gasteiger partial charge in [0.25, 0.3) is 0 Å². The van der Waals surface area contributed by atoms with E-state index in [1.165, 1.54) is 18.4 Å². The summed E-state index contributed by atoms with van der Waals surface area (Å²) in [6.45, 7) is 1.11. The molecule has 4 heteroatoms. The van der Waals surface area contributed by atoms with Crippen molar-refractivity contribution in [1.29, 1.82) is 0 Å². The fourth-order valence-electron chi connectivity index (χ4n) is 4.06. The van der Waals surface area contributed by atoms with E-state index in [1.807, 2.05) is 19.2 Å². The molecule has 0 saturated carbocycles. The van der Waals surface area contributed by atoms with E-state index in [0.29, 0.717) is 18.1 Å². The van der Waals surface area contributed by atoms with E-state index in [-0.39, 0.29) is 6.10 Å². The second-order valence-corrected chi connectivity index (χ2v) is 6.87. The maximum absolute atomic E-state index is 9.88. The number of nitrogens with one attached hydrogen (secondary N) is 1. The summed E-state index contributed by atoms with van der Waals surface area (Å²) in [4.78, 5) is 2.63. The fourth-order valence-corrected chi connectivity index (χ4v) is 4.19. The molecule has 2 aliphatic rings. The van der Waals surface area contributed by atoms with E-state index in [4.69, 9.17) is 11.6 Å². The number of nitrogens with zero attached hydrogens (tertiary/aromatic N) is 1. The van der Waals surface area contributed by atoms with Crippen molar-refractivity contribution < 1.29 is 5.11 Å². The van der Waals surface area contributed by atoms with Crippen LogP contribution in [-0.4, -0.2) is 41.8 Å². The Morgan fingerprint density at radius 2 is 1.86 bits per heavy atom. The van der Waals surface area contributed by atoms with Gasteiger partial charge in [-0.25, -0.2) is 0 Å². The third-order valence-corrected chi connectivity index (χ3v) is 5.41. The molecule has 3 unspecified atom stereocenters. The van der Waals surface area contributed by atoms with E-state index < -0.39 is 0 Å². The standard InChI is InChI=1S/C17H25ClN2O/c1-19-17(12-2-4-13(18)5-3-12)8-9-20-14-6-7-15(20)11-16(21)10-14/h2-5,14-17,19,21H,6-11H2,1H3. The molecule has 0 radical (unpaired) electrons. The number of hydrogen-bond donors (Lipinski definition) is 2. The first kappa shape index (κ1) is 15.3. The Balaban J connectivity index is 1.60. The maximum atomic E-state index is 9.88. The molecule has 2 bridgehead atoms. The zero-order chi connectivity index (χ0) is 14.8. The van der Waals surface area contributed by atoms with Crippen LogP contribution in [0.15, 0.2) is 24.3 Å². The summed E-state index contributed by atoms with van der Waals surface area (Å²) in [6.07, 6.45) is 5.46. The molecule has 2 N–H and O–H groups in total. The maximum Gasteiger partial charge on any atom is 0.0570 e. The van der Waals surface area contributed by atoms with Crippen LogP contribution in [0.1, 0.15) is 43.7 Å². The van der Waals surface area contributed by atoms with Crippen LogP contribution >= 0.6 is 11.6 Å².